The van der Waals surface area contributed by atoms with E-state index >= 15 is 0 Å². The monoisotopic (exact) mass is 245 g/mol. The van der Waals surface area contributed by atoms with E-state index in [9.17, 15) is 15.0 Å². The van der Waals surface area contributed by atoms with Crippen molar-refractivity contribution >= 4 is 23.2 Å². The Morgan fingerprint density at radius 3 is 2.69 bits per heavy atom. The molecule has 88 valence electrons. The molecule has 1 heterocycles. The molecule has 0 bridgehead atoms. The number of nitrogens with zero attached hydrogens (tertiary/aromatic N) is 1. The molecule has 2 unspecified atom stereocenters. The molecule has 2 atom stereocenters. The van der Waals surface area contributed by atoms with Crippen molar-refractivity contribution in [3.05, 3.63) is 23.0 Å². The second-order valence-electron chi connectivity index (χ2n) is 3.31. The molecule has 7 heteroatoms. The Hall–Kier alpha value is -1.37. The van der Waals surface area contributed by atoms with Gasteiger partial charge in [-0.15, -0.1) is 0 Å². The lowest BCUT2D eigenvalue weighted by Crippen LogP contribution is -2.26. The smallest absolute Gasteiger partial charge is 0.220 e. The lowest BCUT2D eigenvalue weighted by atomic mass is 10.1. The predicted octanol–water partition coefficient (Wildman–Crippen LogP) is -0.413. The minimum atomic E-state index is -1.37. The second-order valence-corrected chi connectivity index (χ2v) is 3.75. The summed E-state index contributed by atoms with van der Waals surface area (Å²) in [6.07, 6.45) is -1.79. The van der Waals surface area contributed by atoms with E-state index in [1.54, 1.807) is 0 Å². The fraction of sp³-hybridized carbons (Fsp3) is 0.333. The van der Waals surface area contributed by atoms with Crippen molar-refractivity contribution in [3.63, 3.8) is 0 Å². The Balaban J connectivity index is 2.87. The van der Waals surface area contributed by atoms with Gasteiger partial charge in [-0.25, -0.2) is 0 Å². The number of aromatic nitrogens is 1. The maximum Gasteiger partial charge on any atom is 0.220 e. The van der Waals surface area contributed by atoms with E-state index < -0.39 is 18.1 Å². The highest BCUT2D eigenvalue weighted by atomic mass is 35.5. The minimum Gasteiger partial charge on any atom is -0.397 e. The predicted molar refractivity (Wildman–Crippen MR) is 58.4 cm³/mol. The zero-order chi connectivity index (χ0) is 12.3. The summed E-state index contributed by atoms with van der Waals surface area (Å²) in [6, 6.07) is 1.39. The minimum absolute atomic E-state index is 0.0677. The van der Waals surface area contributed by atoms with Crippen LogP contribution in [0.25, 0.3) is 0 Å². The molecule has 0 aromatic carbocycles. The van der Waals surface area contributed by atoms with Gasteiger partial charge in [0.1, 0.15) is 6.10 Å². The van der Waals surface area contributed by atoms with Crippen LogP contribution in [0.15, 0.2) is 12.3 Å². The molecule has 1 aromatic heterocycles. The van der Waals surface area contributed by atoms with E-state index in [4.69, 9.17) is 23.1 Å². The van der Waals surface area contributed by atoms with Gasteiger partial charge in [-0.05, 0) is 6.07 Å². The van der Waals surface area contributed by atoms with Gasteiger partial charge < -0.3 is 21.7 Å². The Morgan fingerprint density at radius 1 is 1.56 bits per heavy atom. The molecule has 0 aliphatic heterocycles. The van der Waals surface area contributed by atoms with Crippen LogP contribution in [0.5, 0.6) is 0 Å². The molecule has 1 rings (SSSR count). The van der Waals surface area contributed by atoms with Gasteiger partial charge >= 0.3 is 0 Å². The summed E-state index contributed by atoms with van der Waals surface area (Å²) >= 11 is 5.62. The normalized spacial score (nSPS) is 14.4. The highest BCUT2D eigenvalue weighted by Gasteiger charge is 2.23. The standard InChI is InChI=1S/C9H12ClN3O3/c10-4-1-5(11)8(13-3-4)9(16)6(14)2-7(12)15/h1,3,6,9,14,16H,2,11H2,(H2,12,15). The molecular weight excluding hydrogens is 234 g/mol. The lowest BCUT2D eigenvalue weighted by Gasteiger charge is -2.17. The number of rotatable bonds is 4. The zero-order valence-corrected chi connectivity index (χ0v) is 9.05. The van der Waals surface area contributed by atoms with Gasteiger partial charge in [0.2, 0.25) is 5.91 Å². The third kappa shape index (κ3) is 3.06. The van der Waals surface area contributed by atoms with Crippen LogP contribution >= 0.6 is 11.6 Å². The van der Waals surface area contributed by atoms with Gasteiger partial charge in [0.25, 0.3) is 0 Å². The fourth-order valence-corrected chi connectivity index (χ4v) is 1.38. The molecule has 1 aromatic rings. The summed E-state index contributed by atoms with van der Waals surface area (Å²) in [5.41, 5.74) is 10.7. The zero-order valence-electron chi connectivity index (χ0n) is 8.30. The number of pyridine rings is 1. The van der Waals surface area contributed by atoms with Crippen LogP contribution in [-0.4, -0.2) is 27.2 Å². The number of carbonyl (C=O) groups excluding carboxylic acids is 1. The number of aliphatic hydroxyl groups excluding tert-OH is 2. The van der Waals surface area contributed by atoms with Crippen molar-refractivity contribution in [2.24, 2.45) is 5.73 Å². The summed E-state index contributed by atoms with van der Waals surface area (Å²) in [6.45, 7) is 0. The van der Waals surface area contributed by atoms with Crippen molar-refractivity contribution < 1.29 is 15.0 Å². The number of anilines is 1. The van der Waals surface area contributed by atoms with Crippen molar-refractivity contribution in [1.82, 2.24) is 4.98 Å². The van der Waals surface area contributed by atoms with Crippen LogP contribution in [0, 0.1) is 0 Å². The van der Waals surface area contributed by atoms with Crippen LogP contribution < -0.4 is 11.5 Å². The van der Waals surface area contributed by atoms with Crippen molar-refractivity contribution in [3.8, 4) is 0 Å². The first kappa shape index (κ1) is 12.7. The van der Waals surface area contributed by atoms with Crippen LogP contribution in [0.3, 0.4) is 0 Å². The molecule has 0 spiro atoms. The van der Waals surface area contributed by atoms with Gasteiger partial charge in [-0.3, -0.25) is 9.78 Å². The number of amides is 1. The number of nitrogens with two attached hydrogens (primary N) is 2. The highest BCUT2D eigenvalue weighted by molar-refractivity contribution is 6.30. The summed E-state index contributed by atoms with van der Waals surface area (Å²) in [7, 11) is 0. The first-order valence-corrected chi connectivity index (χ1v) is 4.85. The molecule has 0 radical (unpaired) electrons. The van der Waals surface area contributed by atoms with Crippen molar-refractivity contribution in [2.75, 3.05) is 5.73 Å². The number of hydrogen-bond acceptors (Lipinski definition) is 5. The maximum atomic E-state index is 10.6. The van der Waals surface area contributed by atoms with Crippen LogP contribution in [0.4, 0.5) is 5.69 Å². The number of nitrogen functional groups attached to an aromatic ring is 1. The van der Waals surface area contributed by atoms with Crippen LogP contribution in [0.1, 0.15) is 18.2 Å². The third-order valence-corrected chi connectivity index (χ3v) is 2.18. The molecule has 1 amide bonds. The number of halogens is 1. The first-order chi connectivity index (χ1) is 7.41. The van der Waals surface area contributed by atoms with Crippen LogP contribution in [0.2, 0.25) is 5.02 Å². The molecule has 0 saturated heterocycles. The average molecular weight is 246 g/mol. The van der Waals surface area contributed by atoms with Gasteiger partial charge in [0, 0.05) is 6.20 Å². The summed E-state index contributed by atoms with van der Waals surface area (Å²) in [5, 5.41) is 19.4. The molecule has 0 fully saturated rings. The number of hydrogen-bond donors (Lipinski definition) is 4. The second kappa shape index (κ2) is 5.11. The van der Waals surface area contributed by atoms with E-state index in [0.717, 1.165) is 0 Å². The third-order valence-electron chi connectivity index (χ3n) is 1.97. The Kier molecular flexibility index (Phi) is 4.05. The SMILES string of the molecule is NC(=O)CC(O)C(O)c1ncc(Cl)cc1N. The largest absolute Gasteiger partial charge is 0.397 e. The van der Waals surface area contributed by atoms with Gasteiger partial charge in [-0.1, -0.05) is 11.6 Å². The molecule has 0 aliphatic carbocycles. The van der Waals surface area contributed by atoms with Gasteiger partial charge in [-0.2, -0.15) is 0 Å². The lowest BCUT2D eigenvalue weighted by molar-refractivity contribution is -0.121. The maximum absolute atomic E-state index is 10.6. The molecule has 0 aliphatic rings. The van der Waals surface area contributed by atoms with Crippen molar-refractivity contribution in [2.45, 2.75) is 18.6 Å². The number of aliphatic hydroxyl groups is 2. The summed E-state index contributed by atoms with van der Waals surface area (Å²) in [4.78, 5) is 14.3. The van der Waals surface area contributed by atoms with E-state index in [-0.39, 0.29) is 17.8 Å². The summed E-state index contributed by atoms with van der Waals surface area (Å²) < 4.78 is 0. The van der Waals surface area contributed by atoms with Gasteiger partial charge in [0.15, 0.2) is 0 Å². The quantitative estimate of drug-likeness (QED) is 0.574. The Bertz CT molecular complexity index is 400. The van der Waals surface area contributed by atoms with E-state index in [2.05, 4.69) is 4.98 Å². The average Bonchev–Trinajstić information content (AvgIpc) is 2.15. The molecule has 6 nitrogen and oxygen atoms in total. The van der Waals surface area contributed by atoms with Gasteiger partial charge in [0.05, 0.1) is 28.9 Å². The molecule has 0 saturated carbocycles. The Labute approximate surface area is 96.8 Å². The molecular formula is C9H12ClN3O3. The first-order valence-electron chi connectivity index (χ1n) is 4.47. The molecule has 6 N–H and O–H groups in total. The van der Waals surface area contributed by atoms with Crippen LogP contribution in [-0.2, 0) is 4.79 Å². The molecule has 16 heavy (non-hydrogen) atoms. The highest BCUT2D eigenvalue weighted by Crippen LogP contribution is 2.24. The van der Waals surface area contributed by atoms with E-state index in [1.807, 2.05) is 0 Å². The number of carbonyl (C=O) groups is 1. The summed E-state index contributed by atoms with van der Waals surface area (Å²) in [5.74, 6) is -0.723. The fourth-order valence-electron chi connectivity index (χ4n) is 1.21. The topological polar surface area (TPSA) is 122 Å². The van der Waals surface area contributed by atoms with Crippen molar-refractivity contribution in [1.29, 1.82) is 0 Å². The number of primary amides is 1. The Morgan fingerprint density at radius 2 is 2.19 bits per heavy atom. The van der Waals surface area contributed by atoms with E-state index in [1.165, 1.54) is 12.3 Å². The van der Waals surface area contributed by atoms with E-state index in [0.29, 0.717) is 5.02 Å².